The highest BCUT2D eigenvalue weighted by Crippen LogP contribution is 2.51. The molecule has 0 radical (unpaired) electrons. The van der Waals surface area contributed by atoms with E-state index in [1.165, 1.54) is 6.42 Å². The normalized spacial score (nSPS) is 19.2. The van der Waals surface area contributed by atoms with E-state index in [0.29, 0.717) is 28.1 Å². The molecule has 0 aromatic carbocycles. The number of rotatable bonds is 4. The Balaban J connectivity index is 0.000000496. The van der Waals surface area contributed by atoms with E-state index in [4.69, 9.17) is 0 Å². The van der Waals surface area contributed by atoms with Crippen molar-refractivity contribution in [3.05, 3.63) is 12.7 Å². The van der Waals surface area contributed by atoms with Crippen molar-refractivity contribution >= 4 is 11.9 Å². The lowest BCUT2D eigenvalue weighted by Gasteiger charge is -2.49. The summed E-state index contributed by atoms with van der Waals surface area (Å²) in [6.07, 6.45) is 3.63. The number of hydrogen-bond acceptors (Lipinski definition) is 3. The summed E-state index contributed by atoms with van der Waals surface area (Å²) in [6, 6.07) is 0. The number of esters is 2. The quantitative estimate of drug-likeness (QED) is 0.345. The second-order valence-electron chi connectivity index (χ2n) is 10.7. The molecule has 0 bridgehead atoms. The number of carbonyl (C=O) groups is 2. The van der Waals surface area contributed by atoms with Gasteiger partial charge in [-0.25, -0.2) is 0 Å². The summed E-state index contributed by atoms with van der Waals surface area (Å²) < 4.78 is 4.30. The summed E-state index contributed by atoms with van der Waals surface area (Å²) in [4.78, 5) is 21.1. The summed E-state index contributed by atoms with van der Waals surface area (Å²) in [7, 11) is 0. The van der Waals surface area contributed by atoms with Gasteiger partial charge in [0.25, 0.3) is 0 Å². The Morgan fingerprint density at radius 2 is 1.32 bits per heavy atom. The number of ether oxygens (including phenoxy) is 1. The SMILES string of the molecule is C=CCC1CC(=O)OC1=O.CC(C)(C)C(C)(C)CC(C)(C)C(C)(C)C. The highest BCUT2D eigenvalue weighted by Gasteiger charge is 2.42. The molecule has 0 saturated carbocycles. The van der Waals surface area contributed by atoms with Gasteiger partial charge in [-0.1, -0.05) is 75.3 Å². The standard InChI is InChI=1S/C15H32.C7H8O3/c1-12(2,3)14(7,8)11-15(9,10)13(4,5)6;1-2-3-5-4-6(8)10-7(5)9/h11H2,1-10H3;2,5H,1,3-4H2. The van der Waals surface area contributed by atoms with Gasteiger partial charge in [-0.15, -0.1) is 6.58 Å². The highest BCUT2D eigenvalue weighted by atomic mass is 16.6. The van der Waals surface area contributed by atoms with Gasteiger partial charge in [0.1, 0.15) is 0 Å². The Bertz CT molecular complexity index is 460. The van der Waals surface area contributed by atoms with Crippen molar-refractivity contribution in [1.82, 2.24) is 0 Å². The van der Waals surface area contributed by atoms with Gasteiger partial charge in [0.05, 0.1) is 12.3 Å². The van der Waals surface area contributed by atoms with Crippen LogP contribution in [0.4, 0.5) is 0 Å². The van der Waals surface area contributed by atoms with E-state index in [-0.39, 0.29) is 12.3 Å². The predicted octanol–water partition coefficient (Wildman–Crippen LogP) is 6.17. The topological polar surface area (TPSA) is 43.4 Å². The van der Waals surface area contributed by atoms with Gasteiger partial charge in [-0.3, -0.25) is 9.59 Å². The van der Waals surface area contributed by atoms with Crippen molar-refractivity contribution in [2.45, 2.75) is 88.5 Å². The zero-order valence-corrected chi connectivity index (χ0v) is 18.2. The van der Waals surface area contributed by atoms with E-state index in [1.807, 2.05) is 0 Å². The third-order valence-corrected chi connectivity index (χ3v) is 6.36. The van der Waals surface area contributed by atoms with Gasteiger partial charge in [0.2, 0.25) is 0 Å². The van der Waals surface area contributed by atoms with Gasteiger partial charge in [-0.05, 0) is 34.5 Å². The first-order valence-electron chi connectivity index (χ1n) is 9.30. The molecular formula is C22H40O3. The summed E-state index contributed by atoms with van der Waals surface area (Å²) in [5, 5.41) is 0. The van der Waals surface area contributed by atoms with Crippen LogP contribution in [-0.2, 0) is 14.3 Å². The maximum atomic E-state index is 10.7. The maximum Gasteiger partial charge on any atom is 0.317 e. The Kier molecular flexibility index (Phi) is 7.69. The van der Waals surface area contributed by atoms with Gasteiger partial charge in [-0.2, -0.15) is 0 Å². The number of cyclic esters (lactones) is 2. The first-order valence-corrected chi connectivity index (χ1v) is 9.30. The summed E-state index contributed by atoms with van der Waals surface area (Å²) >= 11 is 0. The van der Waals surface area contributed by atoms with Crippen molar-refractivity contribution < 1.29 is 14.3 Å². The van der Waals surface area contributed by atoms with Gasteiger partial charge in [0.15, 0.2) is 0 Å². The summed E-state index contributed by atoms with van der Waals surface area (Å²) in [6.45, 7) is 27.2. The van der Waals surface area contributed by atoms with Crippen LogP contribution in [0.25, 0.3) is 0 Å². The van der Waals surface area contributed by atoms with Crippen LogP contribution >= 0.6 is 0 Å². The molecule has 0 aromatic heterocycles. The van der Waals surface area contributed by atoms with E-state index in [0.717, 1.165) is 0 Å². The molecular weight excluding hydrogens is 312 g/mol. The minimum Gasteiger partial charge on any atom is -0.393 e. The molecule has 0 amide bonds. The van der Waals surface area contributed by atoms with Crippen LogP contribution in [0.1, 0.15) is 88.5 Å². The fourth-order valence-corrected chi connectivity index (χ4v) is 2.54. The fourth-order valence-electron chi connectivity index (χ4n) is 2.54. The highest BCUT2D eigenvalue weighted by molar-refractivity contribution is 5.94. The lowest BCUT2D eigenvalue weighted by atomic mass is 9.56. The van der Waals surface area contributed by atoms with Gasteiger partial charge in [0, 0.05) is 0 Å². The smallest absolute Gasteiger partial charge is 0.317 e. The second kappa shape index (κ2) is 8.05. The third-order valence-electron chi connectivity index (χ3n) is 6.36. The van der Waals surface area contributed by atoms with Crippen LogP contribution < -0.4 is 0 Å². The molecule has 1 atom stereocenters. The first kappa shape index (κ1) is 23.9. The zero-order chi connectivity index (χ0) is 20.3. The third kappa shape index (κ3) is 6.95. The molecule has 1 aliphatic heterocycles. The zero-order valence-electron chi connectivity index (χ0n) is 18.2. The van der Waals surface area contributed by atoms with Crippen LogP contribution in [0, 0.1) is 27.6 Å². The minimum atomic E-state index is -0.420. The Hall–Kier alpha value is -1.12. The lowest BCUT2D eigenvalue weighted by molar-refractivity contribution is -0.153. The second-order valence-corrected chi connectivity index (χ2v) is 10.7. The molecule has 1 unspecified atom stereocenters. The average molecular weight is 353 g/mol. The molecule has 0 N–H and O–H groups in total. The molecule has 0 aromatic rings. The number of carbonyl (C=O) groups excluding carboxylic acids is 2. The molecule has 1 aliphatic rings. The van der Waals surface area contributed by atoms with E-state index in [9.17, 15) is 9.59 Å². The summed E-state index contributed by atoms with van der Waals surface area (Å²) in [5.74, 6) is -1.10. The van der Waals surface area contributed by atoms with Crippen LogP contribution in [-0.4, -0.2) is 11.9 Å². The van der Waals surface area contributed by atoms with Crippen molar-refractivity contribution in [3.8, 4) is 0 Å². The van der Waals surface area contributed by atoms with Crippen molar-refractivity contribution in [2.24, 2.45) is 27.6 Å². The van der Waals surface area contributed by atoms with Crippen LogP contribution in [0.3, 0.4) is 0 Å². The van der Waals surface area contributed by atoms with E-state index < -0.39 is 11.9 Å². The largest absolute Gasteiger partial charge is 0.393 e. The first-order chi connectivity index (χ1) is 10.9. The molecule has 146 valence electrons. The van der Waals surface area contributed by atoms with Gasteiger partial charge < -0.3 is 4.74 Å². The van der Waals surface area contributed by atoms with E-state index >= 15 is 0 Å². The van der Waals surface area contributed by atoms with Crippen LogP contribution in [0.2, 0.25) is 0 Å². The molecule has 25 heavy (non-hydrogen) atoms. The molecule has 1 rings (SSSR count). The van der Waals surface area contributed by atoms with Crippen molar-refractivity contribution in [2.75, 3.05) is 0 Å². The Morgan fingerprint density at radius 3 is 1.56 bits per heavy atom. The maximum absolute atomic E-state index is 10.7. The molecule has 0 spiro atoms. The molecule has 3 nitrogen and oxygen atoms in total. The van der Waals surface area contributed by atoms with Crippen LogP contribution in [0.5, 0.6) is 0 Å². The molecule has 0 aliphatic carbocycles. The summed E-state index contributed by atoms with van der Waals surface area (Å²) in [5.41, 5.74) is 1.50. The fraction of sp³-hybridized carbons (Fsp3) is 0.818. The molecule has 3 heteroatoms. The molecule has 1 fully saturated rings. The molecule has 1 heterocycles. The molecule has 1 saturated heterocycles. The average Bonchev–Trinajstić information content (AvgIpc) is 2.65. The predicted molar refractivity (Wildman–Crippen MR) is 105 cm³/mol. The van der Waals surface area contributed by atoms with Crippen LogP contribution in [0.15, 0.2) is 12.7 Å². The monoisotopic (exact) mass is 352 g/mol. The minimum absolute atomic E-state index is 0.213. The van der Waals surface area contributed by atoms with Crippen molar-refractivity contribution in [1.29, 1.82) is 0 Å². The van der Waals surface area contributed by atoms with E-state index in [1.54, 1.807) is 6.08 Å². The lowest BCUT2D eigenvalue weighted by Crippen LogP contribution is -2.40. The Morgan fingerprint density at radius 1 is 0.920 bits per heavy atom. The van der Waals surface area contributed by atoms with E-state index in [2.05, 4.69) is 80.6 Å². The number of allylic oxidation sites excluding steroid dienone is 1. The van der Waals surface area contributed by atoms with Crippen molar-refractivity contribution in [3.63, 3.8) is 0 Å². The number of hydrogen-bond donors (Lipinski definition) is 0. The Labute approximate surface area is 155 Å². The van der Waals surface area contributed by atoms with Gasteiger partial charge >= 0.3 is 11.9 Å².